The number of hydrogen-bond donors (Lipinski definition) is 2. The highest BCUT2D eigenvalue weighted by Gasteiger charge is 2.16. The predicted molar refractivity (Wildman–Crippen MR) is 68.4 cm³/mol. The maximum absolute atomic E-state index is 11.3. The van der Waals surface area contributed by atoms with Gasteiger partial charge in [-0.3, -0.25) is 4.79 Å². The molecule has 0 saturated carbocycles. The second-order valence-corrected chi connectivity index (χ2v) is 4.49. The number of nitrogens with two attached hydrogens (primary N) is 2. The third-order valence-electron chi connectivity index (χ3n) is 3.08. The van der Waals surface area contributed by atoms with Crippen LogP contribution in [0.25, 0.3) is 0 Å². The lowest BCUT2D eigenvalue weighted by Gasteiger charge is -2.22. The molecule has 5 heteroatoms. The number of nitrogen functional groups attached to an aromatic ring is 1. The highest BCUT2D eigenvalue weighted by atomic mass is 16.5. The van der Waals surface area contributed by atoms with Gasteiger partial charge in [0.1, 0.15) is 5.75 Å². The van der Waals surface area contributed by atoms with Crippen LogP contribution in [0.5, 0.6) is 5.75 Å². The molecule has 0 radical (unpaired) electrons. The van der Waals surface area contributed by atoms with Crippen molar-refractivity contribution in [2.75, 3.05) is 25.6 Å². The Bertz CT molecular complexity index is 428. The van der Waals surface area contributed by atoms with Crippen LogP contribution in [0.2, 0.25) is 0 Å². The van der Waals surface area contributed by atoms with E-state index in [9.17, 15) is 4.79 Å². The number of ether oxygens (including phenoxy) is 2. The lowest BCUT2D eigenvalue weighted by molar-refractivity contribution is 0.0495. The van der Waals surface area contributed by atoms with Crippen molar-refractivity contribution < 1.29 is 14.3 Å². The fourth-order valence-electron chi connectivity index (χ4n) is 1.99. The van der Waals surface area contributed by atoms with Crippen molar-refractivity contribution in [3.63, 3.8) is 0 Å². The first-order valence-corrected chi connectivity index (χ1v) is 6.06. The Kier molecular flexibility index (Phi) is 4.04. The van der Waals surface area contributed by atoms with Crippen LogP contribution >= 0.6 is 0 Å². The van der Waals surface area contributed by atoms with E-state index < -0.39 is 5.91 Å². The monoisotopic (exact) mass is 250 g/mol. The van der Waals surface area contributed by atoms with E-state index in [1.165, 1.54) is 0 Å². The lowest BCUT2D eigenvalue weighted by Crippen LogP contribution is -2.22. The summed E-state index contributed by atoms with van der Waals surface area (Å²) in [6.07, 6.45) is 1.97. The summed E-state index contributed by atoms with van der Waals surface area (Å²) in [4.78, 5) is 11.3. The van der Waals surface area contributed by atoms with Gasteiger partial charge in [-0.2, -0.15) is 0 Å². The Balaban J connectivity index is 2.01. The van der Waals surface area contributed by atoms with Crippen molar-refractivity contribution in [2.24, 2.45) is 11.7 Å². The molecule has 18 heavy (non-hydrogen) atoms. The standard InChI is InChI=1S/C13H18N2O3/c14-10-1-2-12(11(7-10)13(15)16)18-8-9-3-5-17-6-4-9/h1-2,7,9H,3-6,8,14H2,(H2,15,16). The average molecular weight is 250 g/mol. The van der Waals surface area contributed by atoms with Crippen LogP contribution in [0.3, 0.4) is 0 Å². The molecule has 1 saturated heterocycles. The van der Waals surface area contributed by atoms with E-state index in [4.69, 9.17) is 20.9 Å². The molecule has 1 amide bonds. The minimum absolute atomic E-state index is 0.335. The Hall–Kier alpha value is -1.75. The van der Waals surface area contributed by atoms with Crippen LogP contribution in [-0.2, 0) is 4.74 Å². The highest BCUT2D eigenvalue weighted by Crippen LogP contribution is 2.23. The van der Waals surface area contributed by atoms with Crippen LogP contribution in [0, 0.1) is 5.92 Å². The number of amides is 1. The zero-order valence-electron chi connectivity index (χ0n) is 10.2. The number of benzene rings is 1. The number of carbonyl (C=O) groups excluding carboxylic acids is 1. The Labute approximate surface area is 106 Å². The van der Waals surface area contributed by atoms with Gasteiger partial charge in [0.2, 0.25) is 0 Å². The van der Waals surface area contributed by atoms with Crippen molar-refractivity contribution >= 4 is 11.6 Å². The van der Waals surface area contributed by atoms with Gasteiger partial charge in [0.25, 0.3) is 5.91 Å². The topological polar surface area (TPSA) is 87.6 Å². The molecule has 1 aliphatic heterocycles. The highest BCUT2D eigenvalue weighted by molar-refractivity contribution is 5.96. The first-order chi connectivity index (χ1) is 8.66. The van der Waals surface area contributed by atoms with Gasteiger partial charge < -0.3 is 20.9 Å². The molecule has 1 aromatic rings. The van der Waals surface area contributed by atoms with E-state index >= 15 is 0 Å². The van der Waals surface area contributed by atoms with Gasteiger partial charge in [0, 0.05) is 18.9 Å². The van der Waals surface area contributed by atoms with Crippen LogP contribution < -0.4 is 16.2 Å². The third-order valence-corrected chi connectivity index (χ3v) is 3.08. The average Bonchev–Trinajstić information content (AvgIpc) is 2.38. The maximum Gasteiger partial charge on any atom is 0.252 e. The molecule has 0 unspecified atom stereocenters. The van der Waals surface area contributed by atoms with Crippen molar-refractivity contribution in [3.05, 3.63) is 23.8 Å². The second-order valence-electron chi connectivity index (χ2n) is 4.49. The van der Waals surface area contributed by atoms with Crippen LogP contribution in [0.1, 0.15) is 23.2 Å². The number of hydrogen-bond acceptors (Lipinski definition) is 4. The van der Waals surface area contributed by atoms with Gasteiger partial charge in [-0.1, -0.05) is 0 Å². The number of rotatable bonds is 4. The van der Waals surface area contributed by atoms with Crippen LogP contribution in [0.4, 0.5) is 5.69 Å². The van der Waals surface area contributed by atoms with Gasteiger partial charge in [0.05, 0.1) is 12.2 Å². The maximum atomic E-state index is 11.3. The summed E-state index contributed by atoms with van der Waals surface area (Å²) in [5, 5.41) is 0. The quantitative estimate of drug-likeness (QED) is 0.785. The molecule has 0 bridgehead atoms. The Morgan fingerprint density at radius 2 is 2.11 bits per heavy atom. The van der Waals surface area contributed by atoms with Gasteiger partial charge in [-0.25, -0.2) is 0 Å². The summed E-state index contributed by atoms with van der Waals surface area (Å²) in [6, 6.07) is 4.93. The molecular formula is C13H18N2O3. The minimum atomic E-state index is -0.524. The van der Waals surface area contributed by atoms with E-state index in [2.05, 4.69) is 0 Å². The molecule has 2 rings (SSSR count). The summed E-state index contributed by atoms with van der Waals surface area (Å²) in [6.45, 7) is 2.13. The van der Waals surface area contributed by atoms with E-state index in [1.807, 2.05) is 0 Å². The Morgan fingerprint density at radius 1 is 1.39 bits per heavy atom. The summed E-state index contributed by atoms with van der Waals surface area (Å²) in [5.74, 6) is 0.449. The first kappa shape index (κ1) is 12.7. The van der Waals surface area contributed by atoms with E-state index in [1.54, 1.807) is 18.2 Å². The molecular weight excluding hydrogens is 232 g/mol. The van der Waals surface area contributed by atoms with Gasteiger partial charge in [-0.05, 0) is 37.0 Å². The number of anilines is 1. The second kappa shape index (κ2) is 5.73. The molecule has 1 fully saturated rings. The zero-order chi connectivity index (χ0) is 13.0. The first-order valence-electron chi connectivity index (χ1n) is 6.06. The number of carbonyl (C=O) groups is 1. The smallest absolute Gasteiger partial charge is 0.252 e. The van der Waals surface area contributed by atoms with Crippen molar-refractivity contribution in [2.45, 2.75) is 12.8 Å². The predicted octanol–water partition coefficient (Wildman–Crippen LogP) is 1.17. The number of primary amides is 1. The largest absolute Gasteiger partial charge is 0.492 e. The lowest BCUT2D eigenvalue weighted by atomic mass is 10.0. The fourth-order valence-corrected chi connectivity index (χ4v) is 1.99. The molecule has 1 aliphatic rings. The molecule has 1 heterocycles. The summed E-state index contributed by atoms with van der Waals surface area (Å²) in [5.41, 5.74) is 11.8. The normalized spacial score (nSPS) is 16.4. The molecule has 4 N–H and O–H groups in total. The van der Waals surface area contributed by atoms with Gasteiger partial charge in [-0.15, -0.1) is 0 Å². The fraction of sp³-hybridized carbons (Fsp3) is 0.462. The minimum Gasteiger partial charge on any atom is -0.492 e. The van der Waals surface area contributed by atoms with Crippen molar-refractivity contribution in [1.82, 2.24) is 0 Å². The van der Waals surface area contributed by atoms with Gasteiger partial charge >= 0.3 is 0 Å². The van der Waals surface area contributed by atoms with E-state index in [-0.39, 0.29) is 0 Å². The molecule has 5 nitrogen and oxygen atoms in total. The third kappa shape index (κ3) is 3.13. The molecule has 0 aromatic heterocycles. The summed E-state index contributed by atoms with van der Waals surface area (Å²) in [7, 11) is 0. The van der Waals surface area contributed by atoms with E-state index in [0.717, 1.165) is 26.1 Å². The zero-order valence-corrected chi connectivity index (χ0v) is 10.2. The molecule has 98 valence electrons. The van der Waals surface area contributed by atoms with Crippen LogP contribution in [-0.4, -0.2) is 25.7 Å². The van der Waals surface area contributed by atoms with Crippen molar-refractivity contribution in [1.29, 1.82) is 0 Å². The van der Waals surface area contributed by atoms with Crippen LogP contribution in [0.15, 0.2) is 18.2 Å². The van der Waals surface area contributed by atoms with Gasteiger partial charge in [0.15, 0.2) is 0 Å². The molecule has 0 atom stereocenters. The summed E-state index contributed by atoms with van der Waals surface area (Å²) >= 11 is 0. The molecule has 0 aliphatic carbocycles. The van der Waals surface area contributed by atoms with Crippen molar-refractivity contribution in [3.8, 4) is 5.75 Å². The van der Waals surface area contributed by atoms with E-state index in [0.29, 0.717) is 29.5 Å². The Morgan fingerprint density at radius 3 is 2.78 bits per heavy atom. The summed E-state index contributed by atoms with van der Waals surface area (Å²) < 4.78 is 11.0. The SMILES string of the molecule is NC(=O)c1cc(N)ccc1OCC1CCOCC1. The molecule has 1 aromatic carbocycles. The molecule has 0 spiro atoms.